The van der Waals surface area contributed by atoms with Gasteiger partial charge >= 0.3 is 89.9 Å². The predicted octanol–water partition coefficient (Wildman–Crippen LogP) is 3.87. The summed E-state index contributed by atoms with van der Waals surface area (Å²) in [5, 5.41) is 37.9. The van der Waals surface area contributed by atoms with E-state index in [9.17, 15) is 71.9 Å². The minimum Gasteiger partial charge on any atom is -0.481 e. The smallest absolute Gasteiger partial charge is 0.410 e. The number of ether oxygens (including phenoxy) is 10. The van der Waals surface area contributed by atoms with Gasteiger partial charge < -0.3 is 87.8 Å². The largest absolute Gasteiger partial charge is 0.481 e. The molecule has 8 atom stereocenters. The van der Waals surface area contributed by atoms with Crippen molar-refractivity contribution in [3.63, 3.8) is 0 Å². The molecule has 2 aromatic heterocycles. The number of fused-ring (bicyclic) bond motifs is 2. The van der Waals surface area contributed by atoms with Gasteiger partial charge in [-0.2, -0.15) is 0 Å². The first-order chi connectivity index (χ1) is 45.5. The van der Waals surface area contributed by atoms with E-state index in [2.05, 4.69) is 39.0 Å². The fraction of sp³-hybridized carbons (Fsp3) is 0.603. The van der Waals surface area contributed by atoms with E-state index >= 15 is 0 Å². The van der Waals surface area contributed by atoms with Crippen LogP contribution in [-0.4, -0.2) is 247 Å². The number of likely N-dealkylation sites (tertiary alicyclic amines) is 3. The van der Waals surface area contributed by atoms with Crippen molar-refractivity contribution in [3.8, 4) is 0 Å². The van der Waals surface area contributed by atoms with Gasteiger partial charge in [0.15, 0.2) is 0 Å². The molecule has 35 nitrogen and oxygen atoms in total. The van der Waals surface area contributed by atoms with Gasteiger partial charge in [0.25, 0.3) is 0 Å². The average Bonchev–Trinajstić information content (AvgIpc) is 0.804. The van der Waals surface area contributed by atoms with Crippen molar-refractivity contribution in [2.24, 2.45) is 47.3 Å². The van der Waals surface area contributed by atoms with Crippen LogP contribution in [0, 0.1) is 47.3 Å². The Hall–Kier alpha value is -10.1. The maximum absolute atomic E-state index is 12.1. The number of carbonyl (C=O) groups is 15. The van der Waals surface area contributed by atoms with Crippen LogP contribution in [0.15, 0.2) is 36.9 Å². The summed E-state index contributed by atoms with van der Waals surface area (Å²) in [7, 11) is 7.78. The Kier molecular flexibility index (Phi) is 33.1. The van der Waals surface area contributed by atoms with Crippen molar-refractivity contribution < 1.29 is 140 Å². The lowest BCUT2D eigenvalue weighted by Crippen LogP contribution is -2.53. The van der Waals surface area contributed by atoms with Gasteiger partial charge in [-0.3, -0.25) is 48.3 Å². The van der Waals surface area contributed by atoms with Crippen LogP contribution >= 0.6 is 0 Å². The van der Waals surface area contributed by atoms with Crippen LogP contribution in [-0.2, 0) is 85.7 Å². The SMILES string of the molecule is CC(C)(C)OC(=O)N1CC(C(=O)O)CC(C(=O)O)C1.CC(C)(C)OC(=O)N1C[C@H]2C[C@@H](C1)C(=O)OC2=O.COC(=O)C1CC(C(=O)OC)CN(C(=O)OC(C)(C)C)C1.COC(=O)C1CNCC(C(=O)OC)C1.COC(=O)c1cncc(C(=O)OC)c1.O=C(O)c1cncc(C(=O)O)c1. The molecular weight excluding hydrogens is 1300 g/mol. The van der Waals surface area contributed by atoms with Crippen LogP contribution in [0.2, 0.25) is 0 Å². The molecule has 7 rings (SSSR count). The average molecular weight is 1390 g/mol. The third-order valence-corrected chi connectivity index (χ3v) is 14.2. The number of hydrogen-bond donors (Lipinski definition) is 5. The van der Waals surface area contributed by atoms with Gasteiger partial charge in [0, 0.05) is 77.1 Å². The molecule has 6 unspecified atom stereocenters. The highest BCUT2D eigenvalue weighted by Gasteiger charge is 2.45. The summed E-state index contributed by atoms with van der Waals surface area (Å²) in [5.74, 6) is -12.3. The van der Waals surface area contributed by atoms with Crippen molar-refractivity contribution in [3.05, 3.63) is 59.2 Å². The molecule has 5 saturated heterocycles. The number of aromatic nitrogens is 2. The van der Waals surface area contributed by atoms with E-state index < -0.39 is 130 Å². The van der Waals surface area contributed by atoms with Crippen LogP contribution in [0.5, 0.6) is 0 Å². The van der Waals surface area contributed by atoms with E-state index in [1.807, 2.05) is 0 Å². The Labute approximate surface area is 564 Å². The van der Waals surface area contributed by atoms with Crippen LogP contribution in [0.3, 0.4) is 0 Å². The first-order valence-electron chi connectivity index (χ1n) is 30.2. The third-order valence-electron chi connectivity index (χ3n) is 14.2. The summed E-state index contributed by atoms with van der Waals surface area (Å²) < 4.78 is 47.9. The lowest BCUT2D eigenvalue weighted by Gasteiger charge is -2.38. The lowest BCUT2D eigenvalue weighted by atomic mass is 9.87. The Morgan fingerprint density at radius 3 is 0.980 bits per heavy atom. The van der Waals surface area contributed by atoms with Crippen LogP contribution < -0.4 is 5.32 Å². The zero-order valence-electron chi connectivity index (χ0n) is 57.3. The number of aliphatic carboxylic acids is 2. The summed E-state index contributed by atoms with van der Waals surface area (Å²) in [6.45, 7) is 17.6. The molecule has 7 heterocycles. The number of pyridine rings is 2. The molecule has 0 aromatic carbocycles. The number of carbonyl (C=O) groups excluding carboxylic acids is 11. The van der Waals surface area contributed by atoms with Crippen molar-refractivity contribution in [2.45, 2.75) is 105 Å². The molecule has 544 valence electrons. The van der Waals surface area contributed by atoms with E-state index in [-0.39, 0.29) is 91.7 Å². The number of piperidine rings is 4. The van der Waals surface area contributed by atoms with Gasteiger partial charge in [0.2, 0.25) is 0 Å². The molecule has 35 heteroatoms. The van der Waals surface area contributed by atoms with Crippen LogP contribution in [0.1, 0.15) is 129 Å². The molecule has 5 N–H and O–H groups in total. The van der Waals surface area contributed by atoms with Crippen molar-refractivity contribution in [1.82, 2.24) is 30.0 Å². The highest BCUT2D eigenvalue weighted by atomic mass is 16.6. The second kappa shape index (κ2) is 38.6. The van der Waals surface area contributed by atoms with Gasteiger partial charge in [-0.1, -0.05) is 0 Å². The molecule has 98 heavy (non-hydrogen) atoms. The molecule has 5 aliphatic rings. The monoisotopic (exact) mass is 1390 g/mol. The molecule has 2 aromatic rings. The second-order valence-electron chi connectivity index (χ2n) is 25.4. The van der Waals surface area contributed by atoms with Crippen LogP contribution in [0.4, 0.5) is 14.4 Å². The normalized spacial score (nSPS) is 20.8. The number of amides is 3. The van der Waals surface area contributed by atoms with Gasteiger partial charge in [-0.15, -0.1) is 0 Å². The lowest BCUT2D eigenvalue weighted by molar-refractivity contribution is -0.176. The van der Waals surface area contributed by atoms with Crippen LogP contribution in [0.25, 0.3) is 0 Å². The zero-order chi connectivity index (χ0) is 74.7. The molecule has 5 fully saturated rings. The van der Waals surface area contributed by atoms with E-state index in [1.165, 1.54) is 70.9 Å². The maximum atomic E-state index is 12.1. The number of nitrogens with zero attached hydrogens (tertiary/aromatic N) is 5. The molecule has 2 bridgehead atoms. The Morgan fingerprint density at radius 1 is 0.408 bits per heavy atom. The standard InChI is InChI=1S/C14H23NO6.C12H19NO6.C12H17NO5.C9H15NO4.C9H9NO4.C7H5NO4/c1-14(2,3)21-13(18)15-7-9(11(16)19-4)6-10(8-15)12(17)20-5;1-12(2,3)19-11(18)13-5-7(9(14)15)4-8(6-13)10(16)17;1-12(2,3)18-11(16)13-5-7-4-8(6-13)10(15)17-9(7)14;2*1-13-8(11)6-3-7(5-10-4-6)9(12)14-2;9-6(10)4-1-5(7(11)12)3-8-2-4/h9-10H,6-8H2,1-5H3;7-8H,4-6H2,1-3H3,(H,14,15)(H,16,17);7-8H,4-6H2,1-3H3;6-7,10H,3-5H2,1-2H3;3-5H,1-2H3;1-3H,(H,9,10)(H,11,12)/t;;7-,8+;;;. The summed E-state index contributed by atoms with van der Waals surface area (Å²) >= 11 is 0. The quantitative estimate of drug-likeness (QED) is 0.128. The van der Waals surface area contributed by atoms with E-state index in [4.69, 9.17) is 44.1 Å². The fourth-order valence-corrected chi connectivity index (χ4v) is 9.57. The van der Waals surface area contributed by atoms with Gasteiger partial charge in [0.1, 0.15) is 16.8 Å². The zero-order valence-corrected chi connectivity index (χ0v) is 57.3. The Balaban J connectivity index is 0.000000404. The number of carboxylic acids is 4. The number of esters is 8. The minimum atomic E-state index is -1.19. The summed E-state index contributed by atoms with van der Waals surface area (Å²) in [4.78, 5) is 181. The number of carboxylic acid groups (broad SMARTS) is 4. The topological polar surface area (TPSA) is 477 Å². The van der Waals surface area contributed by atoms with Gasteiger partial charge in [-0.05, 0) is 100 Å². The minimum absolute atomic E-state index is 0.0198. The van der Waals surface area contributed by atoms with Gasteiger partial charge in [0.05, 0.1) is 112 Å². The molecule has 0 aliphatic carbocycles. The second-order valence-corrected chi connectivity index (χ2v) is 25.4. The third kappa shape index (κ3) is 28.7. The van der Waals surface area contributed by atoms with E-state index in [1.54, 1.807) is 62.3 Å². The maximum Gasteiger partial charge on any atom is 0.410 e. The van der Waals surface area contributed by atoms with E-state index in [0.717, 1.165) is 23.4 Å². The van der Waals surface area contributed by atoms with Crippen molar-refractivity contribution >= 4 is 89.9 Å². The molecule has 3 amide bonds. The first-order valence-corrected chi connectivity index (χ1v) is 30.2. The number of rotatable bonds is 10. The van der Waals surface area contributed by atoms with E-state index in [0.29, 0.717) is 32.4 Å². The molecule has 0 saturated carbocycles. The number of hydrogen-bond acceptors (Lipinski definition) is 28. The highest BCUT2D eigenvalue weighted by molar-refractivity contribution is 5.95. The fourth-order valence-electron chi connectivity index (χ4n) is 9.57. The summed E-state index contributed by atoms with van der Waals surface area (Å²) in [6.07, 6.45) is 4.42. The summed E-state index contributed by atoms with van der Waals surface area (Å²) in [5.41, 5.74) is -1.76. The molecule has 0 spiro atoms. The number of aromatic carboxylic acids is 2. The molecular formula is C63H88N6O29. The number of cyclic esters (lactones) is 2. The molecule has 0 radical (unpaired) electrons. The first kappa shape index (κ1) is 84.0. The van der Waals surface area contributed by atoms with Crippen molar-refractivity contribution in [2.75, 3.05) is 95.0 Å². The highest BCUT2D eigenvalue weighted by Crippen LogP contribution is 2.31. The molecule has 5 aliphatic heterocycles. The van der Waals surface area contributed by atoms with Crippen molar-refractivity contribution in [1.29, 1.82) is 0 Å². The number of methoxy groups -OCH3 is 6. The Bertz CT molecular complexity index is 3040. The van der Waals surface area contributed by atoms with Gasteiger partial charge in [-0.25, -0.2) is 33.6 Å². The predicted molar refractivity (Wildman–Crippen MR) is 332 cm³/mol. The Morgan fingerprint density at radius 2 is 0.684 bits per heavy atom. The number of nitrogens with one attached hydrogen (secondary N) is 1. The summed E-state index contributed by atoms with van der Waals surface area (Å²) in [6, 6.07) is 2.42.